The Morgan fingerprint density at radius 3 is 2.47 bits per heavy atom. The topological polar surface area (TPSA) is 40.5 Å². The minimum Gasteiger partial charge on any atom is -0.478 e. The maximum Gasteiger partial charge on any atom is 0.335 e. The van der Waals surface area contributed by atoms with E-state index in [9.17, 15) is 4.79 Å². The first-order valence-corrected chi connectivity index (χ1v) is 6.32. The average molecular weight is 233 g/mol. The Labute approximate surface area is 102 Å². The van der Waals surface area contributed by atoms with Gasteiger partial charge in [-0.05, 0) is 43.5 Å². The molecule has 1 saturated carbocycles. The molecule has 1 fully saturated rings. The Hall–Kier alpha value is -1.51. The molecule has 0 amide bonds. The predicted octanol–water partition coefficient (Wildman–Crippen LogP) is 3.15. The Balaban J connectivity index is 2.09. The number of benzene rings is 1. The van der Waals surface area contributed by atoms with Gasteiger partial charge in [0, 0.05) is 18.3 Å². The normalized spacial score (nSPS) is 14.6. The summed E-state index contributed by atoms with van der Waals surface area (Å²) in [6.07, 6.45) is 4.92. The predicted molar refractivity (Wildman–Crippen MR) is 68.7 cm³/mol. The van der Waals surface area contributed by atoms with E-state index in [1.165, 1.54) is 25.7 Å². The van der Waals surface area contributed by atoms with Gasteiger partial charge >= 0.3 is 5.97 Å². The van der Waals surface area contributed by atoms with Crippen molar-refractivity contribution < 1.29 is 9.90 Å². The first kappa shape index (κ1) is 12.0. The molecule has 3 nitrogen and oxygen atoms in total. The maximum atomic E-state index is 10.8. The smallest absolute Gasteiger partial charge is 0.335 e. The van der Waals surface area contributed by atoms with Gasteiger partial charge in [-0.25, -0.2) is 4.79 Å². The third-order valence-electron chi connectivity index (χ3n) is 3.19. The summed E-state index contributed by atoms with van der Waals surface area (Å²) in [6, 6.07) is 7.92. The highest BCUT2D eigenvalue weighted by Gasteiger charge is 2.28. The Kier molecular flexibility index (Phi) is 3.67. The van der Waals surface area contributed by atoms with Crippen LogP contribution >= 0.6 is 0 Å². The molecule has 1 aromatic rings. The monoisotopic (exact) mass is 233 g/mol. The van der Waals surface area contributed by atoms with E-state index in [4.69, 9.17) is 5.11 Å². The Bertz CT molecular complexity index is 382. The van der Waals surface area contributed by atoms with Crippen LogP contribution in [0, 0.1) is 0 Å². The molecule has 0 aromatic heterocycles. The first-order valence-electron chi connectivity index (χ1n) is 6.32. The van der Waals surface area contributed by atoms with Crippen molar-refractivity contribution in [3.63, 3.8) is 0 Å². The third-order valence-corrected chi connectivity index (χ3v) is 3.19. The summed E-state index contributed by atoms with van der Waals surface area (Å²) >= 11 is 0. The molecule has 0 atom stereocenters. The van der Waals surface area contributed by atoms with Crippen molar-refractivity contribution in [3.05, 3.63) is 29.8 Å². The number of unbranched alkanes of at least 4 members (excludes halogenated alkanes) is 1. The summed E-state index contributed by atoms with van der Waals surface area (Å²) in [5, 5.41) is 8.86. The van der Waals surface area contributed by atoms with Crippen LogP contribution < -0.4 is 4.90 Å². The molecule has 2 rings (SSSR count). The molecule has 1 aliphatic carbocycles. The minimum absolute atomic E-state index is 0.361. The fourth-order valence-corrected chi connectivity index (χ4v) is 2.03. The fraction of sp³-hybridized carbons (Fsp3) is 0.500. The molecule has 0 radical (unpaired) electrons. The summed E-state index contributed by atoms with van der Waals surface area (Å²) in [7, 11) is 0. The summed E-state index contributed by atoms with van der Waals surface area (Å²) in [4.78, 5) is 13.2. The summed E-state index contributed by atoms with van der Waals surface area (Å²) in [5.41, 5.74) is 1.52. The van der Waals surface area contributed by atoms with Gasteiger partial charge in [-0.3, -0.25) is 0 Å². The van der Waals surface area contributed by atoms with E-state index in [1.807, 2.05) is 12.1 Å². The van der Waals surface area contributed by atoms with E-state index >= 15 is 0 Å². The zero-order valence-electron chi connectivity index (χ0n) is 10.2. The molecule has 0 aliphatic heterocycles. The molecule has 0 unspecified atom stereocenters. The zero-order valence-corrected chi connectivity index (χ0v) is 10.2. The number of hydrogen-bond acceptors (Lipinski definition) is 2. The number of rotatable bonds is 6. The number of anilines is 1. The van der Waals surface area contributed by atoms with Gasteiger partial charge in [0.2, 0.25) is 0 Å². The molecular formula is C14H19NO2. The van der Waals surface area contributed by atoms with Gasteiger partial charge in [-0.15, -0.1) is 0 Å². The lowest BCUT2D eigenvalue weighted by molar-refractivity contribution is 0.0697. The largest absolute Gasteiger partial charge is 0.478 e. The minimum atomic E-state index is -0.858. The summed E-state index contributed by atoms with van der Waals surface area (Å²) in [5.74, 6) is -0.858. The molecule has 1 N–H and O–H groups in total. The quantitative estimate of drug-likeness (QED) is 0.820. The Morgan fingerprint density at radius 1 is 1.35 bits per heavy atom. The summed E-state index contributed by atoms with van der Waals surface area (Å²) in [6.45, 7) is 3.27. The number of aromatic carboxylic acids is 1. The molecule has 0 heterocycles. The number of carbonyl (C=O) groups is 1. The van der Waals surface area contributed by atoms with Crippen LogP contribution in [0.3, 0.4) is 0 Å². The lowest BCUT2D eigenvalue weighted by Crippen LogP contribution is -2.26. The number of carboxylic acids is 1. The lowest BCUT2D eigenvalue weighted by Gasteiger charge is -2.24. The van der Waals surface area contributed by atoms with Gasteiger partial charge in [-0.2, -0.15) is 0 Å². The van der Waals surface area contributed by atoms with Gasteiger partial charge < -0.3 is 10.0 Å². The second-order valence-corrected chi connectivity index (χ2v) is 4.63. The van der Waals surface area contributed by atoms with Gasteiger partial charge in [0.05, 0.1) is 5.56 Å². The Morgan fingerprint density at radius 2 is 2.00 bits per heavy atom. The van der Waals surface area contributed by atoms with Crippen LogP contribution in [0.1, 0.15) is 43.0 Å². The van der Waals surface area contributed by atoms with Crippen LogP contribution in [-0.2, 0) is 0 Å². The SMILES string of the molecule is CCCCN(c1ccc(C(=O)O)cc1)C1CC1. The molecule has 0 spiro atoms. The van der Waals surface area contributed by atoms with Crippen LogP contribution in [0.25, 0.3) is 0 Å². The second-order valence-electron chi connectivity index (χ2n) is 4.63. The first-order chi connectivity index (χ1) is 8.22. The second kappa shape index (κ2) is 5.21. The van der Waals surface area contributed by atoms with Gasteiger partial charge in [0.25, 0.3) is 0 Å². The van der Waals surface area contributed by atoms with Crippen molar-refractivity contribution in [1.29, 1.82) is 0 Å². The van der Waals surface area contributed by atoms with Gasteiger partial charge in [0.15, 0.2) is 0 Å². The molecule has 0 bridgehead atoms. The van der Waals surface area contributed by atoms with Crippen molar-refractivity contribution in [2.24, 2.45) is 0 Å². The highest BCUT2D eigenvalue weighted by molar-refractivity contribution is 5.88. The van der Waals surface area contributed by atoms with Crippen molar-refractivity contribution >= 4 is 11.7 Å². The molecule has 92 valence electrons. The van der Waals surface area contributed by atoms with Crippen molar-refractivity contribution in [2.75, 3.05) is 11.4 Å². The molecule has 17 heavy (non-hydrogen) atoms. The highest BCUT2D eigenvalue weighted by atomic mass is 16.4. The average Bonchev–Trinajstić information content (AvgIpc) is 3.14. The third kappa shape index (κ3) is 2.99. The van der Waals surface area contributed by atoms with Crippen molar-refractivity contribution in [1.82, 2.24) is 0 Å². The van der Waals surface area contributed by atoms with Crippen LogP contribution in [0.2, 0.25) is 0 Å². The van der Waals surface area contributed by atoms with E-state index in [2.05, 4.69) is 11.8 Å². The van der Waals surface area contributed by atoms with E-state index in [-0.39, 0.29) is 0 Å². The number of nitrogens with zero attached hydrogens (tertiary/aromatic N) is 1. The maximum absolute atomic E-state index is 10.8. The van der Waals surface area contributed by atoms with Crippen LogP contribution in [0.15, 0.2) is 24.3 Å². The van der Waals surface area contributed by atoms with E-state index in [0.29, 0.717) is 11.6 Å². The zero-order chi connectivity index (χ0) is 12.3. The van der Waals surface area contributed by atoms with E-state index < -0.39 is 5.97 Å². The standard InChI is InChI=1S/C14H19NO2/c1-2-3-10-15(13-8-9-13)12-6-4-11(5-7-12)14(16)17/h4-7,13H,2-3,8-10H2,1H3,(H,16,17). The van der Waals surface area contributed by atoms with Gasteiger partial charge in [-0.1, -0.05) is 13.3 Å². The van der Waals surface area contributed by atoms with Crippen LogP contribution in [-0.4, -0.2) is 23.7 Å². The number of hydrogen-bond donors (Lipinski definition) is 1. The van der Waals surface area contributed by atoms with E-state index in [0.717, 1.165) is 12.2 Å². The highest BCUT2D eigenvalue weighted by Crippen LogP contribution is 2.31. The lowest BCUT2D eigenvalue weighted by atomic mass is 10.2. The van der Waals surface area contributed by atoms with Crippen LogP contribution in [0.5, 0.6) is 0 Å². The van der Waals surface area contributed by atoms with Crippen LogP contribution in [0.4, 0.5) is 5.69 Å². The molecule has 0 saturated heterocycles. The van der Waals surface area contributed by atoms with Crippen molar-refractivity contribution in [3.8, 4) is 0 Å². The van der Waals surface area contributed by atoms with E-state index in [1.54, 1.807) is 12.1 Å². The van der Waals surface area contributed by atoms with Crippen molar-refractivity contribution in [2.45, 2.75) is 38.6 Å². The summed E-state index contributed by atoms with van der Waals surface area (Å²) < 4.78 is 0. The molecular weight excluding hydrogens is 214 g/mol. The molecule has 3 heteroatoms. The fourth-order valence-electron chi connectivity index (χ4n) is 2.03. The van der Waals surface area contributed by atoms with Gasteiger partial charge in [0.1, 0.15) is 0 Å². The molecule has 1 aromatic carbocycles. The number of carboxylic acid groups (broad SMARTS) is 1. The molecule has 1 aliphatic rings.